The van der Waals surface area contributed by atoms with E-state index in [9.17, 15) is 0 Å². The van der Waals surface area contributed by atoms with Gasteiger partial charge in [-0.25, -0.2) is 0 Å². The molecule has 0 aromatic rings. The van der Waals surface area contributed by atoms with Gasteiger partial charge in [0.25, 0.3) is 0 Å². The molecule has 0 aromatic heterocycles. The van der Waals surface area contributed by atoms with E-state index in [-0.39, 0.29) is 5.92 Å². The normalized spacial score (nSPS) is 8.86. The second-order valence-corrected chi connectivity index (χ2v) is 1.77. The molecule has 0 N–H and O–H groups in total. The molecule has 0 amide bonds. The van der Waals surface area contributed by atoms with Crippen molar-refractivity contribution in [3.8, 4) is 0 Å². The molecule has 1 radical (unpaired) electrons. The first-order valence-electron chi connectivity index (χ1n) is 2.05. The molecule has 39 valence electrons. The molecule has 0 aliphatic carbocycles. The van der Waals surface area contributed by atoms with Crippen LogP contribution < -0.4 is 0 Å². The quantitative estimate of drug-likeness (QED) is 0.536. The topological polar surface area (TPSA) is 0 Å². The lowest BCUT2D eigenvalue weighted by Crippen LogP contribution is -1.96. The summed E-state index contributed by atoms with van der Waals surface area (Å²) in [7, 11) is 0. The summed E-state index contributed by atoms with van der Waals surface area (Å²) < 4.78 is 0. The van der Waals surface area contributed by atoms with Crippen molar-refractivity contribution < 1.29 is 0 Å². The van der Waals surface area contributed by atoms with Crippen LogP contribution >= 0.6 is 24.4 Å². The smallest absolute Gasteiger partial charge is 0.0156 e. The molecule has 0 atom stereocenters. The zero-order chi connectivity index (χ0) is 5.70. The summed E-state index contributed by atoms with van der Waals surface area (Å²) in [6, 6.07) is 0. The van der Waals surface area contributed by atoms with Crippen molar-refractivity contribution in [1.82, 2.24) is 0 Å². The number of hydrogen-bond acceptors (Lipinski definition) is 2. The third-order valence-electron chi connectivity index (χ3n) is 0.683. The van der Waals surface area contributed by atoms with E-state index in [2.05, 4.69) is 31.4 Å². The molecule has 7 heavy (non-hydrogen) atoms. The predicted molar refractivity (Wildman–Crippen MR) is 40.8 cm³/mol. The van der Waals surface area contributed by atoms with Gasteiger partial charge in [-0.2, -0.15) is 0 Å². The molecular weight excluding hydrogens is 124 g/mol. The largest absolute Gasteiger partial charge is 0.0928 e. The molecule has 0 heterocycles. The fourth-order valence-electron chi connectivity index (χ4n) is 0.168. The van der Waals surface area contributed by atoms with Crippen molar-refractivity contribution >= 4 is 35.2 Å². The van der Waals surface area contributed by atoms with E-state index in [1.807, 2.05) is 0 Å². The van der Waals surface area contributed by atoms with E-state index in [0.29, 0.717) is 0 Å². The van der Waals surface area contributed by atoms with Gasteiger partial charge in [0.15, 0.2) is 0 Å². The number of rotatable bonds is 3. The van der Waals surface area contributed by atoms with Crippen LogP contribution in [-0.2, 0) is 0 Å². The molecular formula is C5H7S2. The van der Waals surface area contributed by atoms with Crippen molar-refractivity contribution in [2.24, 2.45) is 5.92 Å². The molecule has 0 aliphatic rings. The third-order valence-corrected chi connectivity index (χ3v) is 1.38. The van der Waals surface area contributed by atoms with E-state index >= 15 is 0 Å². The Morgan fingerprint density at radius 1 is 1.43 bits per heavy atom. The summed E-state index contributed by atoms with van der Waals surface area (Å²) >= 11 is 9.22. The Morgan fingerprint density at radius 2 is 1.86 bits per heavy atom. The van der Waals surface area contributed by atoms with E-state index in [0.717, 1.165) is 6.42 Å². The van der Waals surface area contributed by atoms with Crippen molar-refractivity contribution in [2.45, 2.75) is 6.42 Å². The standard InChI is InChI=1S/C5H7S2/c1-2-5(3-6)4-7/h3-5H,1-2H2. The number of thiocarbonyl (C=S) groups is 2. The minimum atomic E-state index is 0.255. The lowest BCUT2D eigenvalue weighted by molar-refractivity contribution is 0.991. The summed E-state index contributed by atoms with van der Waals surface area (Å²) in [6.45, 7) is 3.63. The second-order valence-electron chi connectivity index (χ2n) is 1.22. The Labute approximate surface area is 54.9 Å². The van der Waals surface area contributed by atoms with E-state index < -0.39 is 0 Å². The molecule has 0 spiro atoms. The monoisotopic (exact) mass is 131 g/mol. The van der Waals surface area contributed by atoms with E-state index in [4.69, 9.17) is 0 Å². The minimum Gasteiger partial charge on any atom is -0.0928 e. The summed E-state index contributed by atoms with van der Waals surface area (Å²) in [5.74, 6) is 0.255. The van der Waals surface area contributed by atoms with Crippen LogP contribution in [-0.4, -0.2) is 10.7 Å². The van der Waals surface area contributed by atoms with Gasteiger partial charge in [-0.1, -0.05) is 31.4 Å². The van der Waals surface area contributed by atoms with Crippen molar-refractivity contribution in [1.29, 1.82) is 0 Å². The fraction of sp³-hybridized carbons (Fsp3) is 0.400. The zero-order valence-electron chi connectivity index (χ0n) is 3.96. The van der Waals surface area contributed by atoms with E-state index in [1.54, 1.807) is 10.7 Å². The Morgan fingerprint density at radius 3 is 1.86 bits per heavy atom. The van der Waals surface area contributed by atoms with Gasteiger partial charge in [0.05, 0.1) is 0 Å². The van der Waals surface area contributed by atoms with Crippen LogP contribution in [0.1, 0.15) is 6.42 Å². The summed E-state index contributed by atoms with van der Waals surface area (Å²) in [6.07, 6.45) is 0.785. The molecule has 0 aliphatic heterocycles. The zero-order valence-corrected chi connectivity index (χ0v) is 5.60. The van der Waals surface area contributed by atoms with Gasteiger partial charge in [0, 0.05) is 5.92 Å². The summed E-state index contributed by atoms with van der Waals surface area (Å²) in [4.78, 5) is 0. The minimum absolute atomic E-state index is 0.255. The molecule has 0 nitrogen and oxygen atoms in total. The maximum Gasteiger partial charge on any atom is 0.0156 e. The average molecular weight is 131 g/mol. The highest BCUT2D eigenvalue weighted by atomic mass is 32.1. The van der Waals surface area contributed by atoms with Gasteiger partial charge < -0.3 is 0 Å². The highest BCUT2D eigenvalue weighted by molar-refractivity contribution is 7.80. The van der Waals surface area contributed by atoms with Crippen LogP contribution in [0.4, 0.5) is 0 Å². The Balaban J connectivity index is 3.36. The number of hydrogen-bond donors (Lipinski definition) is 0. The first kappa shape index (κ1) is 7.18. The lowest BCUT2D eigenvalue weighted by atomic mass is 10.2. The molecule has 0 saturated heterocycles. The van der Waals surface area contributed by atoms with E-state index in [1.165, 1.54) is 0 Å². The molecule has 0 aromatic carbocycles. The molecule has 0 bridgehead atoms. The fourth-order valence-corrected chi connectivity index (χ4v) is 0.697. The molecule has 0 unspecified atom stereocenters. The van der Waals surface area contributed by atoms with Crippen LogP contribution in [0.2, 0.25) is 0 Å². The van der Waals surface area contributed by atoms with Crippen LogP contribution in [0, 0.1) is 12.8 Å². The van der Waals surface area contributed by atoms with Crippen LogP contribution in [0.3, 0.4) is 0 Å². The lowest BCUT2D eigenvalue weighted by Gasteiger charge is -1.93. The van der Waals surface area contributed by atoms with Gasteiger partial charge in [-0.15, -0.1) is 0 Å². The summed E-state index contributed by atoms with van der Waals surface area (Å²) in [5, 5.41) is 3.28. The average Bonchev–Trinajstić information content (AvgIpc) is 1.72. The molecule has 2 heteroatoms. The maximum absolute atomic E-state index is 4.61. The second kappa shape index (κ2) is 4.34. The van der Waals surface area contributed by atoms with Crippen LogP contribution in [0.5, 0.6) is 0 Å². The van der Waals surface area contributed by atoms with Crippen molar-refractivity contribution in [2.75, 3.05) is 0 Å². The molecule has 0 rings (SSSR count). The third kappa shape index (κ3) is 2.83. The Bertz CT molecular complexity index is 60.5. The van der Waals surface area contributed by atoms with Crippen LogP contribution in [0.15, 0.2) is 0 Å². The first-order chi connectivity index (χ1) is 3.35. The maximum atomic E-state index is 4.61. The SMILES string of the molecule is [CH2]CC(C=S)C=S. The first-order valence-corrected chi connectivity index (χ1v) is 2.99. The van der Waals surface area contributed by atoms with Gasteiger partial charge in [0.2, 0.25) is 0 Å². The summed E-state index contributed by atoms with van der Waals surface area (Å²) in [5.41, 5.74) is 0. The van der Waals surface area contributed by atoms with Crippen molar-refractivity contribution in [3.05, 3.63) is 6.92 Å². The van der Waals surface area contributed by atoms with Gasteiger partial charge in [-0.05, 0) is 17.2 Å². The van der Waals surface area contributed by atoms with Crippen LogP contribution in [0.25, 0.3) is 0 Å². The molecule has 0 fully saturated rings. The van der Waals surface area contributed by atoms with Gasteiger partial charge in [0.1, 0.15) is 0 Å². The van der Waals surface area contributed by atoms with Crippen molar-refractivity contribution in [3.63, 3.8) is 0 Å². The highest BCUT2D eigenvalue weighted by Gasteiger charge is 1.91. The Hall–Kier alpha value is 0.180. The highest BCUT2D eigenvalue weighted by Crippen LogP contribution is 1.92. The Kier molecular flexibility index (Phi) is 4.45. The molecule has 0 saturated carbocycles. The predicted octanol–water partition coefficient (Wildman–Crippen LogP) is 1.83. The van der Waals surface area contributed by atoms with Gasteiger partial charge in [-0.3, -0.25) is 0 Å². The van der Waals surface area contributed by atoms with Gasteiger partial charge >= 0.3 is 0 Å².